The predicted octanol–water partition coefficient (Wildman–Crippen LogP) is 1.75. The van der Waals surface area contributed by atoms with Crippen molar-refractivity contribution in [2.75, 3.05) is 38.6 Å². The summed E-state index contributed by atoms with van der Waals surface area (Å²) in [7, 11) is 3.72. The third-order valence-corrected chi connectivity index (χ3v) is 3.79. The third kappa shape index (κ3) is 4.12. The van der Waals surface area contributed by atoms with Crippen molar-refractivity contribution >= 4 is 24.0 Å². The summed E-state index contributed by atoms with van der Waals surface area (Å²) in [5.74, 6) is 0.169. The monoisotopic (exact) mass is 297 g/mol. The van der Waals surface area contributed by atoms with Gasteiger partial charge in [-0.2, -0.15) is 0 Å². The van der Waals surface area contributed by atoms with Gasteiger partial charge in [-0.3, -0.25) is 4.79 Å². The molecule has 0 bridgehead atoms. The second kappa shape index (κ2) is 8.12. The lowest BCUT2D eigenvalue weighted by atomic mass is 10.0. The SMILES string of the molecule is CNCC(=O)N(C)C1CCCN(c2ccccc2)C1.Cl. The van der Waals surface area contributed by atoms with Crippen molar-refractivity contribution in [1.82, 2.24) is 10.2 Å². The molecule has 0 saturated carbocycles. The number of nitrogens with zero attached hydrogens (tertiary/aromatic N) is 2. The Labute approximate surface area is 127 Å². The molecule has 1 unspecified atom stereocenters. The molecule has 4 nitrogen and oxygen atoms in total. The molecule has 1 saturated heterocycles. The number of likely N-dealkylation sites (N-methyl/N-ethyl adjacent to an activating group) is 2. The minimum absolute atomic E-state index is 0. The van der Waals surface area contributed by atoms with Crippen molar-refractivity contribution in [1.29, 1.82) is 0 Å². The predicted molar refractivity (Wildman–Crippen MR) is 85.6 cm³/mol. The van der Waals surface area contributed by atoms with Crippen LogP contribution in [0.15, 0.2) is 30.3 Å². The lowest BCUT2D eigenvalue weighted by Crippen LogP contribution is -2.50. The smallest absolute Gasteiger partial charge is 0.236 e. The molecule has 1 aliphatic heterocycles. The van der Waals surface area contributed by atoms with Crippen LogP contribution < -0.4 is 10.2 Å². The number of piperidine rings is 1. The zero-order valence-corrected chi connectivity index (χ0v) is 13.0. The number of halogens is 1. The molecule has 1 aromatic carbocycles. The van der Waals surface area contributed by atoms with Crippen LogP contribution in [0.5, 0.6) is 0 Å². The molecule has 0 aliphatic carbocycles. The molecule has 1 aliphatic rings. The van der Waals surface area contributed by atoms with E-state index in [0.717, 1.165) is 25.9 Å². The third-order valence-electron chi connectivity index (χ3n) is 3.79. The summed E-state index contributed by atoms with van der Waals surface area (Å²) >= 11 is 0. The number of hydrogen-bond acceptors (Lipinski definition) is 3. The van der Waals surface area contributed by atoms with Gasteiger partial charge in [-0.1, -0.05) is 18.2 Å². The highest BCUT2D eigenvalue weighted by Crippen LogP contribution is 2.21. The Bertz CT molecular complexity index is 413. The van der Waals surface area contributed by atoms with Crippen LogP contribution in [0.25, 0.3) is 0 Å². The average molecular weight is 298 g/mol. The fourth-order valence-electron chi connectivity index (χ4n) is 2.62. The van der Waals surface area contributed by atoms with E-state index in [1.807, 2.05) is 25.1 Å². The molecule has 1 aromatic rings. The highest BCUT2D eigenvalue weighted by atomic mass is 35.5. The minimum atomic E-state index is 0. The van der Waals surface area contributed by atoms with E-state index < -0.39 is 0 Å². The van der Waals surface area contributed by atoms with Gasteiger partial charge in [0.05, 0.1) is 6.54 Å². The molecule has 0 spiro atoms. The molecule has 1 amide bonds. The first-order valence-electron chi connectivity index (χ1n) is 6.92. The van der Waals surface area contributed by atoms with Gasteiger partial charge in [0.15, 0.2) is 0 Å². The number of nitrogens with one attached hydrogen (secondary N) is 1. The molecule has 5 heteroatoms. The largest absolute Gasteiger partial charge is 0.369 e. The standard InChI is InChI=1S/C15H23N3O.ClH/c1-16-11-15(19)17(2)14-9-6-10-18(12-14)13-7-4-3-5-8-13;/h3-5,7-8,14,16H,6,9-12H2,1-2H3;1H. The zero-order chi connectivity index (χ0) is 13.7. The van der Waals surface area contributed by atoms with Gasteiger partial charge in [-0.15, -0.1) is 12.4 Å². The highest BCUT2D eigenvalue weighted by molar-refractivity contribution is 5.85. The number of carbonyl (C=O) groups excluding carboxylic acids is 1. The number of carbonyl (C=O) groups is 1. The van der Waals surface area contributed by atoms with Crippen LogP contribution in [-0.2, 0) is 4.79 Å². The van der Waals surface area contributed by atoms with Gasteiger partial charge < -0.3 is 15.1 Å². The van der Waals surface area contributed by atoms with Crippen LogP contribution in [0.3, 0.4) is 0 Å². The maximum atomic E-state index is 11.9. The first-order valence-corrected chi connectivity index (χ1v) is 6.92. The van der Waals surface area contributed by atoms with Crippen LogP contribution in [0.4, 0.5) is 5.69 Å². The van der Waals surface area contributed by atoms with Gasteiger partial charge in [0.1, 0.15) is 0 Å². The first-order chi connectivity index (χ1) is 9.22. The second-order valence-electron chi connectivity index (χ2n) is 5.11. The fraction of sp³-hybridized carbons (Fsp3) is 0.533. The van der Waals surface area contributed by atoms with Gasteiger partial charge in [0.2, 0.25) is 5.91 Å². The van der Waals surface area contributed by atoms with Crippen molar-refractivity contribution < 1.29 is 4.79 Å². The molecular formula is C15H24ClN3O. The van der Waals surface area contributed by atoms with E-state index in [9.17, 15) is 4.79 Å². The van der Waals surface area contributed by atoms with Crippen LogP contribution in [-0.4, -0.2) is 50.6 Å². The number of anilines is 1. The Kier molecular flexibility index (Phi) is 6.82. The van der Waals surface area contributed by atoms with E-state index in [0.29, 0.717) is 12.6 Å². The van der Waals surface area contributed by atoms with Crippen molar-refractivity contribution in [3.63, 3.8) is 0 Å². The molecule has 0 radical (unpaired) electrons. The molecule has 2 rings (SSSR count). The zero-order valence-electron chi connectivity index (χ0n) is 12.2. The minimum Gasteiger partial charge on any atom is -0.369 e. The number of hydrogen-bond donors (Lipinski definition) is 1. The quantitative estimate of drug-likeness (QED) is 0.920. The molecule has 20 heavy (non-hydrogen) atoms. The van der Waals surface area contributed by atoms with Gasteiger partial charge in [0, 0.05) is 31.9 Å². The summed E-state index contributed by atoms with van der Waals surface area (Å²) in [5, 5.41) is 2.93. The fourth-order valence-corrected chi connectivity index (χ4v) is 2.62. The van der Waals surface area contributed by atoms with E-state index >= 15 is 0 Å². The van der Waals surface area contributed by atoms with E-state index in [-0.39, 0.29) is 18.3 Å². The second-order valence-corrected chi connectivity index (χ2v) is 5.11. The topological polar surface area (TPSA) is 35.6 Å². The maximum absolute atomic E-state index is 11.9. The van der Waals surface area contributed by atoms with Gasteiger partial charge in [-0.25, -0.2) is 0 Å². The van der Waals surface area contributed by atoms with E-state index in [1.54, 1.807) is 0 Å². The number of para-hydroxylation sites is 1. The van der Waals surface area contributed by atoms with E-state index in [4.69, 9.17) is 0 Å². The van der Waals surface area contributed by atoms with Crippen molar-refractivity contribution in [3.8, 4) is 0 Å². The van der Waals surface area contributed by atoms with Crippen molar-refractivity contribution in [2.45, 2.75) is 18.9 Å². The summed E-state index contributed by atoms with van der Waals surface area (Å²) in [6, 6.07) is 10.8. The number of rotatable bonds is 4. The Balaban J connectivity index is 0.00000200. The summed E-state index contributed by atoms with van der Waals surface area (Å²) in [6.07, 6.45) is 2.23. The molecule has 1 fully saturated rings. The van der Waals surface area contributed by atoms with Gasteiger partial charge in [0.25, 0.3) is 0 Å². The molecule has 112 valence electrons. The first kappa shape index (κ1) is 16.8. The lowest BCUT2D eigenvalue weighted by molar-refractivity contribution is -0.131. The van der Waals surface area contributed by atoms with E-state index in [2.05, 4.69) is 34.5 Å². The Morgan fingerprint density at radius 1 is 1.40 bits per heavy atom. The summed E-state index contributed by atoms with van der Waals surface area (Å²) in [6.45, 7) is 2.42. The van der Waals surface area contributed by atoms with Gasteiger partial charge >= 0.3 is 0 Å². The Hall–Kier alpha value is -1.26. The van der Waals surface area contributed by atoms with Crippen molar-refractivity contribution in [3.05, 3.63) is 30.3 Å². The van der Waals surface area contributed by atoms with Gasteiger partial charge in [-0.05, 0) is 32.0 Å². The van der Waals surface area contributed by atoms with E-state index in [1.165, 1.54) is 5.69 Å². The van der Waals surface area contributed by atoms with Crippen LogP contribution in [0, 0.1) is 0 Å². The molecular weight excluding hydrogens is 274 g/mol. The molecule has 0 aromatic heterocycles. The summed E-state index contributed by atoms with van der Waals surface area (Å²) in [5.41, 5.74) is 1.25. The highest BCUT2D eigenvalue weighted by Gasteiger charge is 2.25. The summed E-state index contributed by atoms with van der Waals surface area (Å²) in [4.78, 5) is 16.2. The average Bonchev–Trinajstić information content (AvgIpc) is 2.48. The Morgan fingerprint density at radius 2 is 2.10 bits per heavy atom. The normalized spacial score (nSPS) is 18.3. The van der Waals surface area contributed by atoms with Crippen LogP contribution in [0.2, 0.25) is 0 Å². The van der Waals surface area contributed by atoms with Crippen LogP contribution in [0.1, 0.15) is 12.8 Å². The van der Waals surface area contributed by atoms with Crippen LogP contribution >= 0.6 is 12.4 Å². The Morgan fingerprint density at radius 3 is 2.75 bits per heavy atom. The number of benzene rings is 1. The number of amides is 1. The lowest BCUT2D eigenvalue weighted by Gasteiger charge is -2.38. The molecule has 1 atom stereocenters. The maximum Gasteiger partial charge on any atom is 0.236 e. The van der Waals surface area contributed by atoms with Crippen molar-refractivity contribution in [2.24, 2.45) is 0 Å². The molecule has 1 heterocycles. The molecule has 1 N–H and O–H groups in total. The summed E-state index contributed by atoms with van der Waals surface area (Å²) < 4.78 is 0.